The highest BCUT2D eigenvalue weighted by Crippen LogP contribution is 2.20. The lowest BCUT2D eigenvalue weighted by atomic mass is 9.92. The van der Waals surface area contributed by atoms with Crippen molar-refractivity contribution in [2.45, 2.75) is 26.2 Å². The van der Waals surface area contributed by atoms with Crippen LogP contribution in [-0.2, 0) is 5.41 Å². The Hall–Kier alpha value is -1.49. The number of hydrogen-bond donors (Lipinski definition) is 1. The second-order valence-corrected chi connectivity index (χ2v) is 4.24. The van der Waals surface area contributed by atoms with Gasteiger partial charge >= 0.3 is 0 Å². The third kappa shape index (κ3) is 2.77. The van der Waals surface area contributed by atoms with Crippen LogP contribution in [0.1, 0.15) is 26.5 Å². The molecule has 0 aliphatic carbocycles. The first-order valence-electron chi connectivity index (χ1n) is 4.68. The SMILES string of the molecule is C#CCNc1ccc(C(C)(C)C)nc1. The first-order chi connectivity index (χ1) is 6.54. The van der Waals surface area contributed by atoms with Gasteiger partial charge in [0, 0.05) is 11.1 Å². The van der Waals surface area contributed by atoms with Crippen LogP contribution >= 0.6 is 0 Å². The minimum atomic E-state index is 0.102. The highest BCUT2D eigenvalue weighted by molar-refractivity contribution is 5.42. The molecule has 0 amide bonds. The van der Waals surface area contributed by atoms with Crippen LogP contribution in [0.4, 0.5) is 5.69 Å². The Bertz CT molecular complexity index is 325. The maximum atomic E-state index is 5.14. The lowest BCUT2D eigenvalue weighted by Crippen LogP contribution is -2.13. The van der Waals surface area contributed by atoms with E-state index >= 15 is 0 Å². The molecule has 0 bridgehead atoms. The number of pyridine rings is 1. The lowest BCUT2D eigenvalue weighted by molar-refractivity contribution is 0.569. The smallest absolute Gasteiger partial charge is 0.0763 e. The predicted molar refractivity (Wildman–Crippen MR) is 60.3 cm³/mol. The average Bonchev–Trinajstić information content (AvgIpc) is 2.14. The second kappa shape index (κ2) is 4.15. The first-order valence-corrected chi connectivity index (χ1v) is 4.68. The lowest BCUT2D eigenvalue weighted by Gasteiger charge is -2.17. The molecular formula is C12H16N2. The topological polar surface area (TPSA) is 24.9 Å². The maximum Gasteiger partial charge on any atom is 0.0763 e. The molecule has 1 heterocycles. The van der Waals surface area contributed by atoms with Crippen LogP contribution in [0.25, 0.3) is 0 Å². The van der Waals surface area contributed by atoms with Crippen LogP contribution in [0.15, 0.2) is 18.3 Å². The summed E-state index contributed by atoms with van der Waals surface area (Å²) in [5, 5.41) is 3.07. The Morgan fingerprint density at radius 3 is 2.57 bits per heavy atom. The molecule has 1 aromatic rings. The molecule has 0 saturated heterocycles. The van der Waals surface area contributed by atoms with E-state index in [4.69, 9.17) is 6.42 Å². The molecule has 0 aliphatic heterocycles. The van der Waals surface area contributed by atoms with E-state index in [2.05, 4.69) is 37.0 Å². The molecule has 0 radical (unpaired) electrons. The van der Waals surface area contributed by atoms with E-state index < -0.39 is 0 Å². The Morgan fingerprint density at radius 2 is 2.14 bits per heavy atom. The zero-order valence-corrected chi connectivity index (χ0v) is 8.96. The van der Waals surface area contributed by atoms with Crippen LogP contribution in [0.2, 0.25) is 0 Å². The minimum Gasteiger partial charge on any atom is -0.373 e. The maximum absolute atomic E-state index is 5.14. The molecule has 0 saturated carbocycles. The van der Waals surface area contributed by atoms with Crippen molar-refractivity contribution >= 4 is 5.69 Å². The van der Waals surface area contributed by atoms with Gasteiger partial charge in [0.15, 0.2) is 0 Å². The summed E-state index contributed by atoms with van der Waals surface area (Å²) in [5.74, 6) is 2.52. The molecule has 0 unspecified atom stereocenters. The van der Waals surface area contributed by atoms with Crippen molar-refractivity contribution in [1.82, 2.24) is 4.98 Å². The number of aromatic nitrogens is 1. The molecule has 1 N–H and O–H groups in total. The van der Waals surface area contributed by atoms with Crippen LogP contribution in [0, 0.1) is 12.3 Å². The van der Waals surface area contributed by atoms with Crippen molar-refractivity contribution in [3.05, 3.63) is 24.0 Å². The summed E-state index contributed by atoms with van der Waals surface area (Å²) >= 11 is 0. The Labute approximate surface area is 85.8 Å². The standard InChI is InChI=1S/C12H16N2/c1-5-8-13-10-6-7-11(14-9-10)12(2,3)4/h1,6-7,9,13H,8H2,2-4H3. The average molecular weight is 188 g/mol. The molecule has 0 aromatic carbocycles. The van der Waals surface area contributed by atoms with E-state index in [1.165, 1.54) is 0 Å². The van der Waals surface area contributed by atoms with Crippen LogP contribution in [-0.4, -0.2) is 11.5 Å². The van der Waals surface area contributed by atoms with Crippen molar-refractivity contribution in [1.29, 1.82) is 0 Å². The monoisotopic (exact) mass is 188 g/mol. The number of terminal acetylenes is 1. The van der Waals surface area contributed by atoms with Gasteiger partial charge in [0.2, 0.25) is 0 Å². The quantitative estimate of drug-likeness (QED) is 0.721. The van der Waals surface area contributed by atoms with Gasteiger partial charge in [-0.1, -0.05) is 26.7 Å². The van der Waals surface area contributed by atoms with Gasteiger partial charge in [-0.15, -0.1) is 6.42 Å². The van der Waals surface area contributed by atoms with Gasteiger partial charge in [-0.2, -0.15) is 0 Å². The van der Waals surface area contributed by atoms with Gasteiger partial charge in [-0.3, -0.25) is 4.98 Å². The number of anilines is 1. The molecule has 0 fully saturated rings. The molecular weight excluding hydrogens is 172 g/mol. The predicted octanol–water partition coefficient (Wildman–Crippen LogP) is 2.42. The summed E-state index contributed by atoms with van der Waals surface area (Å²) in [6.45, 7) is 6.97. The summed E-state index contributed by atoms with van der Waals surface area (Å²) in [4.78, 5) is 4.37. The number of nitrogens with zero attached hydrogens (tertiary/aromatic N) is 1. The van der Waals surface area contributed by atoms with Gasteiger partial charge in [0.05, 0.1) is 18.4 Å². The molecule has 1 aromatic heterocycles. The minimum absolute atomic E-state index is 0.102. The number of rotatable bonds is 2. The van der Waals surface area contributed by atoms with Gasteiger partial charge in [-0.05, 0) is 12.1 Å². The van der Waals surface area contributed by atoms with E-state index in [1.54, 1.807) is 0 Å². The van der Waals surface area contributed by atoms with Crippen molar-refractivity contribution in [2.75, 3.05) is 11.9 Å². The van der Waals surface area contributed by atoms with E-state index in [0.717, 1.165) is 11.4 Å². The Balaban J connectivity index is 2.75. The second-order valence-electron chi connectivity index (χ2n) is 4.24. The molecule has 2 heteroatoms. The zero-order valence-electron chi connectivity index (χ0n) is 8.96. The first kappa shape index (κ1) is 10.6. The molecule has 0 atom stereocenters. The summed E-state index contributed by atoms with van der Waals surface area (Å²) < 4.78 is 0. The largest absolute Gasteiger partial charge is 0.373 e. The van der Waals surface area contributed by atoms with Crippen molar-refractivity contribution in [3.8, 4) is 12.3 Å². The van der Waals surface area contributed by atoms with Gasteiger partial charge in [-0.25, -0.2) is 0 Å². The molecule has 0 spiro atoms. The van der Waals surface area contributed by atoms with Crippen molar-refractivity contribution < 1.29 is 0 Å². The third-order valence-electron chi connectivity index (χ3n) is 1.93. The highest BCUT2D eigenvalue weighted by Gasteiger charge is 2.14. The fourth-order valence-corrected chi connectivity index (χ4v) is 1.10. The van der Waals surface area contributed by atoms with E-state index in [1.807, 2.05) is 18.3 Å². The Morgan fingerprint density at radius 1 is 1.43 bits per heavy atom. The summed E-state index contributed by atoms with van der Waals surface area (Å²) in [6.07, 6.45) is 6.96. The van der Waals surface area contributed by atoms with E-state index in [0.29, 0.717) is 6.54 Å². The molecule has 74 valence electrons. The highest BCUT2D eigenvalue weighted by atomic mass is 14.9. The third-order valence-corrected chi connectivity index (χ3v) is 1.93. The van der Waals surface area contributed by atoms with Crippen LogP contribution in [0.5, 0.6) is 0 Å². The molecule has 14 heavy (non-hydrogen) atoms. The number of nitrogens with one attached hydrogen (secondary N) is 1. The van der Waals surface area contributed by atoms with Crippen LogP contribution in [0.3, 0.4) is 0 Å². The van der Waals surface area contributed by atoms with Crippen molar-refractivity contribution in [3.63, 3.8) is 0 Å². The normalized spacial score (nSPS) is 10.7. The number of hydrogen-bond acceptors (Lipinski definition) is 2. The van der Waals surface area contributed by atoms with Gasteiger partial charge < -0.3 is 5.32 Å². The van der Waals surface area contributed by atoms with Crippen molar-refractivity contribution in [2.24, 2.45) is 0 Å². The van der Waals surface area contributed by atoms with E-state index in [-0.39, 0.29) is 5.41 Å². The molecule has 1 rings (SSSR count). The van der Waals surface area contributed by atoms with Gasteiger partial charge in [0.25, 0.3) is 0 Å². The zero-order chi connectivity index (χ0) is 10.6. The van der Waals surface area contributed by atoms with Gasteiger partial charge in [0.1, 0.15) is 0 Å². The fourth-order valence-electron chi connectivity index (χ4n) is 1.10. The Kier molecular flexibility index (Phi) is 3.14. The molecule has 2 nitrogen and oxygen atoms in total. The summed E-state index contributed by atoms with van der Waals surface area (Å²) in [5.41, 5.74) is 2.16. The van der Waals surface area contributed by atoms with Crippen LogP contribution < -0.4 is 5.32 Å². The van der Waals surface area contributed by atoms with E-state index in [9.17, 15) is 0 Å². The molecule has 0 aliphatic rings. The summed E-state index contributed by atoms with van der Waals surface area (Å²) in [6, 6.07) is 4.03. The fraction of sp³-hybridized carbons (Fsp3) is 0.417. The summed E-state index contributed by atoms with van der Waals surface area (Å²) in [7, 11) is 0.